The van der Waals surface area contributed by atoms with Crippen LogP contribution in [0, 0.1) is 0 Å². The van der Waals surface area contributed by atoms with E-state index in [0.29, 0.717) is 19.1 Å². The van der Waals surface area contributed by atoms with E-state index in [0.717, 1.165) is 26.1 Å². The maximum absolute atomic E-state index is 11.3. The molecule has 1 heterocycles. The number of likely N-dealkylation sites (N-methyl/N-ethyl adjacent to an activating group) is 1. The minimum atomic E-state index is -3.08. The van der Waals surface area contributed by atoms with Crippen LogP contribution in [-0.2, 0) is 23.0 Å². The van der Waals surface area contributed by atoms with Crippen LogP contribution in [0.15, 0.2) is 24.3 Å². The first kappa shape index (κ1) is 17.4. The molecule has 0 fully saturated rings. The van der Waals surface area contributed by atoms with Crippen LogP contribution >= 0.6 is 0 Å². The van der Waals surface area contributed by atoms with Crippen molar-refractivity contribution in [1.29, 1.82) is 0 Å². The summed E-state index contributed by atoms with van der Waals surface area (Å²) in [5, 5.41) is 3.41. The van der Waals surface area contributed by atoms with Crippen LogP contribution in [-0.4, -0.2) is 63.1 Å². The topological polar surface area (TPSA) is 52.6 Å². The van der Waals surface area contributed by atoms with Gasteiger partial charge in [0.05, 0.1) is 6.26 Å². The maximum atomic E-state index is 11.3. The van der Waals surface area contributed by atoms with Gasteiger partial charge in [-0.2, -0.15) is 0 Å². The molecule has 0 saturated heterocycles. The Morgan fingerprint density at radius 1 is 1.32 bits per heavy atom. The molecule has 1 atom stereocenters. The van der Waals surface area contributed by atoms with E-state index in [1.807, 2.05) is 0 Å². The van der Waals surface area contributed by atoms with Crippen LogP contribution in [0.1, 0.15) is 18.1 Å². The Kier molecular flexibility index (Phi) is 5.97. The molecule has 2 rings (SSSR count). The molecule has 0 bridgehead atoms. The summed E-state index contributed by atoms with van der Waals surface area (Å²) < 4.78 is 24.0. The molecule has 124 valence electrons. The Morgan fingerprint density at radius 2 is 2.00 bits per heavy atom. The fraction of sp³-hybridized carbons (Fsp3) is 0.625. The monoisotopic (exact) mass is 325 g/mol. The summed E-state index contributed by atoms with van der Waals surface area (Å²) >= 11 is 0. The van der Waals surface area contributed by atoms with Crippen molar-refractivity contribution >= 4 is 10.0 Å². The molecular weight excluding hydrogens is 298 g/mol. The van der Waals surface area contributed by atoms with Crippen LogP contribution in [0.2, 0.25) is 0 Å². The Labute approximate surface area is 134 Å². The average molecular weight is 325 g/mol. The number of rotatable bonds is 7. The van der Waals surface area contributed by atoms with Crippen molar-refractivity contribution in [3.05, 3.63) is 35.4 Å². The van der Waals surface area contributed by atoms with Crippen molar-refractivity contribution in [3.63, 3.8) is 0 Å². The van der Waals surface area contributed by atoms with E-state index in [-0.39, 0.29) is 0 Å². The summed E-state index contributed by atoms with van der Waals surface area (Å²) in [6.45, 7) is 6.41. The van der Waals surface area contributed by atoms with E-state index >= 15 is 0 Å². The highest BCUT2D eigenvalue weighted by Gasteiger charge is 2.17. The maximum Gasteiger partial charge on any atom is 0.210 e. The predicted molar refractivity (Wildman–Crippen MR) is 90.4 cm³/mol. The second kappa shape index (κ2) is 7.55. The third-order valence-corrected chi connectivity index (χ3v) is 5.54. The molecule has 1 aromatic rings. The van der Waals surface area contributed by atoms with Gasteiger partial charge < -0.3 is 5.32 Å². The quantitative estimate of drug-likeness (QED) is 0.810. The van der Waals surface area contributed by atoms with Crippen molar-refractivity contribution in [2.45, 2.75) is 25.9 Å². The summed E-state index contributed by atoms with van der Waals surface area (Å²) in [7, 11) is -1.46. The van der Waals surface area contributed by atoms with Crippen LogP contribution < -0.4 is 5.32 Å². The molecule has 0 unspecified atom stereocenters. The lowest BCUT2D eigenvalue weighted by molar-refractivity contribution is 0.229. The summed E-state index contributed by atoms with van der Waals surface area (Å²) in [6.07, 6.45) is 2.35. The van der Waals surface area contributed by atoms with Crippen LogP contribution in [0.3, 0.4) is 0 Å². The first-order valence-corrected chi connectivity index (χ1v) is 9.65. The average Bonchev–Trinajstić information content (AvgIpc) is 2.46. The van der Waals surface area contributed by atoms with Gasteiger partial charge >= 0.3 is 0 Å². The Bertz CT molecular complexity index is 589. The number of fused-ring (bicyclic) bond motifs is 1. The zero-order valence-corrected chi connectivity index (χ0v) is 14.6. The molecule has 0 radical (unpaired) electrons. The summed E-state index contributed by atoms with van der Waals surface area (Å²) in [6, 6.07) is 8.98. The van der Waals surface area contributed by atoms with E-state index < -0.39 is 10.0 Å². The minimum absolute atomic E-state index is 0.346. The Balaban J connectivity index is 1.73. The Hall–Kier alpha value is -0.950. The van der Waals surface area contributed by atoms with Crippen LogP contribution in [0.25, 0.3) is 0 Å². The summed E-state index contributed by atoms with van der Waals surface area (Å²) in [5.74, 6) is 0. The van der Waals surface area contributed by atoms with Crippen molar-refractivity contribution in [2.75, 3.05) is 39.5 Å². The van der Waals surface area contributed by atoms with Crippen molar-refractivity contribution in [3.8, 4) is 0 Å². The lowest BCUT2D eigenvalue weighted by Crippen LogP contribution is -2.43. The molecule has 0 spiro atoms. The van der Waals surface area contributed by atoms with E-state index in [2.05, 4.69) is 41.4 Å². The normalized spacial score (nSPS) is 17.5. The van der Waals surface area contributed by atoms with Crippen molar-refractivity contribution in [2.24, 2.45) is 0 Å². The molecule has 0 saturated carbocycles. The molecule has 1 aliphatic rings. The smallest absolute Gasteiger partial charge is 0.210 e. The van der Waals surface area contributed by atoms with Gasteiger partial charge in [0.2, 0.25) is 10.0 Å². The molecule has 0 aromatic heterocycles. The second-order valence-electron chi connectivity index (χ2n) is 6.19. The van der Waals surface area contributed by atoms with Gasteiger partial charge in [-0.3, -0.25) is 4.90 Å². The van der Waals surface area contributed by atoms with Gasteiger partial charge in [0.1, 0.15) is 0 Å². The standard InChI is InChI=1S/C16H27N3O2S/c1-14(17-9-11-18(2)22(3,20)21)12-19-10-8-15-6-4-5-7-16(15)13-19/h4-7,14,17H,8-13H2,1-3H3/t14-/m0/s1. The van der Waals surface area contributed by atoms with E-state index in [1.165, 1.54) is 21.7 Å². The Morgan fingerprint density at radius 3 is 2.68 bits per heavy atom. The molecule has 0 aliphatic carbocycles. The van der Waals surface area contributed by atoms with E-state index in [1.54, 1.807) is 7.05 Å². The molecule has 22 heavy (non-hydrogen) atoms. The van der Waals surface area contributed by atoms with Gasteiger partial charge in [-0.25, -0.2) is 12.7 Å². The van der Waals surface area contributed by atoms with Gasteiger partial charge in [-0.15, -0.1) is 0 Å². The SMILES string of the molecule is C[C@@H](CN1CCc2ccccc2C1)NCCN(C)S(C)(=O)=O. The highest BCUT2D eigenvalue weighted by atomic mass is 32.2. The predicted octanol–water partition coefficient (Wildman–Crippen LogP) is 0.914. The third kappa shape index (κ3) is 5.05. The first-order chi connectivity index (χ1) is 10.4. The number of benzene rings is 1. The molecule has 1 aliphatic heterocycles. The van der Waals surface area contributed by atoms with E-state index in [4.69, 9.17) is 0 Å². The van der Waals surface area contributed by atoms with Crippen molar-refractivity contribution < 1.29 is 8.42 Å². The van der Waals surface area contributed by atoms with Crippen LogP contribution in [0.5, 0.6) is 0 Å². The zero-order valence-electron chi connectivity index (χ0n) is 13.7. The minimum Gasteiger partial charge on any atom is -0.312 e. The summed E-state index contributed by atoms with van der Waals surface area (Å²) in [5.41, 5.74) is 2.90. The lowest BCUT2D eigenvalue weighted by atomic mass is 10.00. The van der Waals surface area contributed by atoms with Gasteiger partial charge in [-0.05, 0) is 24.5 Å². The fourth-order valence-corrected chi connectivity index (χ4v) is 3.22. The van der Waals surface area contributed by atoms with Crippen molar-refractivity contribution in [1.82, 2.24) is 14.5 Å². The lowest BCUT2D eigenvalue weighted by Gasteiger charge is -2.31. The van der Waals surface area contributed by atoms with Gasteiger partial charge in [0.25, 0.3) is 0 Å². The number of hydrogen-bond donors (Lipinski definition) is 1. The first-order valence-electron chi connectivity index (χ1n) is 7.80. The molecule has 5 nitrogen and oxygen atoms in total. The second-order valence-corrected chi connectivity index (χ2v) is 8.28. The number of nitrogens with one attached hydrogen (secondary N) is 1. The molecule has 6 heteroatoms. The van der Waals surface area contributed by atoms with Gasteiger partial charge in [0, 0.05) is 45.8 Å². The van der Waals surface area contributed by atoms with Gasteiger partial charge in [0.15, 0.2) is 0 Å². The fourth-order valence-electron chi connectivity index (χ4n) is 2.80. The van der Waals surface area contributed by atoms with Gasteiger partial charge in [-0.1, -0.05) is 24.3 Å². The van der Waals surface area contributed by atoms with Crippen LogP contribution in [0.4, 0.5) is 0 Å². The summed E-state index contributed by atoms with van der Waals surface area (Å²) in [4.78, 5) is 2.46. The number of hydrogen-bond acceptors (Lipinski definition) is 4. The largest absolute Gasteiger partial charge is 0.312 e. The molecule has 0 amide bonds. The molecule has 1 N–H and O–H groups in total. The zero-order chi connectivity index (χ0) is 16.2. The molecule has 1 aromatic carbocycles. The highest BCUT2D eigenvalue weighted by molar-refractivity contribution is 7.88. The number of nitrogens with zero attached hydrogens (tertiary/aromatic N) is 2. The highest BCUT2D eigenvalue weighted by Crippen LogP contribution is 2.18. The molecular formula is C16H27N3O2S. The number of sulfonamides is 1. The third-order valence-electron chi connectivity index (χ3n) is 4.23. The van der Waals surface area contributed by atoms with E-state index in [9.17, 15) is 8.42 Å².